The van der Waals surface area contributed by atoms with Crippen molar-refractivity contribution >= 4 is 16.9 Å². The van der Waals surface area contributed by atoms with Gasteiger partial charge in [0.25, 0.3) is 0 Å². The summed E-state index contributed by atoms with van der Waals surface area (Å²) in [6.45, 7) is 3.11. The molecule has 3 aliphatic rings. The standard InChI is InChI=1S/C29H34N2O3/c32-16-6-14-30-15-13-21-18-31-25-17-20(29(33)34)11-12-24(25)26(19-7-2-1-3-8-19)28(31)23-10-5-4-9-22(23)27(21)30/h4-5,9-12,17,19,21,27,32H,1-3,6-8,13-16,18H2,(H,33,34)/t21?,27-/m1/s1. The molecule has 0 spiro atoms. The Hall–Kier alpha value is -2.63. The van der Waals surface area contributed by atoms with Crippen LogP contribution in [0.5, 0.6) is 0 Å². The quantitative estimate of drug-likeness (QED) is 0.506. The van der Waals surface area contributed by atoms with Crippen LogP contribution in [0.4, 0.5) is 0 Å². The topological polar surface area (TPSA) is 65.7 Å². The van der Waals surface area contributed by atoms with Gasteiger partial charge in [0.15, 0.2) is 0 Å². The van der Waals surface area contributed by atoms with E-state index in [9.17, 15) is 15.0 Å². The number of hydrogen-bond acceptors (Lipinski definition) is 3. The summed E-state index contributed by atoms with van der Waals surface area (Å²) >= 11 is 0. The van der Waals surface area contributed by atoms with E-state index in [4.69, 9.17) is 0 Å². The number of likely N-dealkylation sites (tertiary alicyclic amines) is 1. The van der Waals surface area contributed by atoms with E-state index in [-0.39, 0.29) is 6.61 Å². The highest BCUT2D eigenvalue weighted by Crippen LogP contribution is 2.51. The molecular weight excluding hydrogens is 424 g/mol. The van der Waals surface area contributed by atoms with Gasteiger partial charge >= 0.3 is 5.97 Å². The van der Waals surface area contributed by atoms with Crippen molar-refractivity contribution in [1.29, 1.82) is 0 Å². The van der Waals surface area contributed by atoms with Gasteiger partial charge in [-0.2, -0.15) is 0 Å². The van der Waals surface area contributed by atoms with Crippen LogP contribution >= 0.6 is 0 Å². The molecule has 1 saturated carbocycles. The van der Waals surface area contributed by atoms with Gasteiger partial charge in [0, 0.05) is 42.2 Å². The average molecular weight is 459 g/mol. The molecule has 1 aromatic heterocycles. The fraction of sp³-hybridized carbons (Fsp3) is 0.483. The molecule has 1 aliphatic carbocycles. The Morgan fingerprint density at radius 3 is 2.65 bits per heavy atom. The molecule has 178 valence electrons. The maximum Gasteiger partial charge on any atom is 0.335 e. The van der Waals surface area contributed by atoms with Gasteiger partial charge in [0.1, 0.15) is 0 Å². The monoisotopic (exact) mass is 458 g/mol. The molecule has 3 aromatic rings. The van der Waals surface area contributed by atoms with E-state index >= 15 is 0 Å². The smallest absolute Gasteiger partial charge is 0.335 e. The summed E-state index contributed by atoms with van der Waals surface area (Å²) in [5, 5.41) is 20.5. The van der Waals surface area contributed by atoms with Crippen LogP contribution in [-0.2, 0) is 6.54 Å². The fourth-order valence-electron chi connectivity index (χ4n) is 7.09. The van der Waals surface area contributed by atoms with Crippen molar-refractivity contribution in [3.8, 4) is 11.3 Å². The number of nitrogens with zero attached hydrogens (tertiary/aromatic N) is 2. The second-order valence-corrected chi connectivity index (χ2v) is 10.4. The average Bonchev–Trinajstić information content (AvgIpc) is 3.37. The first-order valence-corrected chi connectivity index (χ1v) is 13.0. The molecule has 6 rings (SSSR count). The van der Waals surface area contributed by atoms with Crippen molar-refractivity contribution in [1.82, 2.24) is 9.47 Å². The van der Waals surface area contributed by atoms with Gasteiger partial charge in [-0.15, -0.1) is 0 Å². The van der Waals surface area contributed by atoms with Crippen LogP contribution in [0, 0.1) is 5.92 Å². The van der Waals surface area contributed by atoms with E-state index in [2.05, 4.69) is 39.8 Å². The minimum absolute atomic E-state index is 0.226. The molecule has 5 heteroatoms. The van der Waals surface area contributed by atoms with E-state index in [1.165, 1.54) is 59.9 Å². The minimum atomic E-state index is -0.861. The Kier molecular flexibility index (Phi) is 5.70. The number of aliphatic hydroxyl groups excluding tert-OH is 1. The van der Waals surface area contributed by atoms with Gasteiger partial charge in [-0.25, -0.2) is 4.79 Å². The van der Waals surface area contributed by atoms with Crippen LogP contribution in [-0.4, -0.2) is 45.3 Å². The maximum absolute atomic E-state index is 11.9. The van der Waals surface area contributed by atoms with Crippen molar-refractivity contribution in [2.24, 2.45) is 5.92 Å². The number of rotatable bonds is 5. The molecule has 2 atom stereocenters. The van der Waals surface area contributed by atoms with Crippen LogP contribution < -0.4 is 0 Å². The number of aromatic carboxylic acids is 1. The van der Waals surface area contributed by atoms with E-state index in [1.54, 1.807) is 6.07 Å². The zero-order valence-electron chi connectivity index (χ0n) is 19.7. The summed E-state index contributed by atoms with van der Waals surface area (Å²) in [6.07, 6.45) is 8.21. The Balaban J connectivity index is 1.60. The van der Waals surface area contributed by atoms with Crippen molar-refractivity contribution in [2.45, 2.75) is 63.5 Å². The van der Waals surface area contributed by atoms with Crippen LogP contribution in [0.2, 0.25) is 0 Å². The predicted octanol–water partition coefficient (Wildman–Crippen LogP) is 5.81. The van der Waals surface area contributed by atoms with Gasteiger partial charge in [0.05, 0.1) is 11.3 Å². The zero-order valence-corrected chi connectivity index (χ0v) is 19.7. The number of carbonyl (C=O) groups is 1. The highest BCUT2D eigenvalue weighted by molar-refractivity contribution is 5.98. The van der Waals surface area contributed by atoms with Crippen molar-refractivity contribution in [2.75, 3.05) is 19.7 Å². The second kappa shape index (κ2) is 8.86. The van der Waals surface area contributed by atoms with Crippen LogP contribution in [0.25, 0.3) is 22.2 Å². The van der Waals surface area contributed by atoms with E-state index in [0.717, 1.165) is 38.0 Å². The number of aromatic nitrogens is 1. The normalized spacial score (nSPS) is 22.9. The summed E-state index contributed by atoms with van der Waals surface area (Å²) < 4.78 is 2.48. The third-order valence-electron chi connectivity index (χ3n) is 8.55. The van der Waals surface area contributed by atoms with Crippen molar-refractivity contribution < 1.29 is 15.0 Å². The molecule has 2 N–H and O–H groups in total. The molecule has 2 aromatic carbocycles. The Bertz CT molecular complexity index is 1220. The lowest BCUT2D eigenvalue weighted by Crippen LogP contribution is -2.28. The van der Waals surface area contributed by atoms with Crippen molar-refractivity contribution in [3.05, 3.63) is 59.2 Å². The first-order chi connectivity index (χ1) is 16.7. The fourth-order valence-corrected chi connectivity index (χ4v) is 7.09. The number of benzene rings is 2. The highest BCUT2D eigenvalue weighted by atomic mass is 16.4. The van der Waals surface area contributed by atoms with Gasteiger partial charge in [-0.1, -0.05) is 49.6 Å². The zero-order chi connectivity index (χ0) is 23.2. The Morgan fingerprint density at radius 1 is 1.03 bits per heavy atom. The molecule has 1 saturated heterocycles. The molecule has 5 nitrogen and oxygen atoms in total. The lowest BCUT2D eigenvalue weighted by atomic mass is 9.81. The lowest BCUT2D eigenvalue weighted by Gasteiger charge is -2.29. The summed E-state index contributed by atoms with van der Waals surface area (Å²) in [5.74, 6) is 0.142. The third kappa shape index (κ3) is 3.48. The molecule has 34 heavy (non-hydrogen) atoms. The maximum atomic E-state index is 11.9. The summed E-state index contributed by atoms with van der Waals surface area (Å²) in [4.78, 5) is 14.4. The van der Waals surface area contributed by atoms with E-state index in [0.29, 0.717) is 23.4 Å². The summed E-state index contributed by atoms with van der Waals surface area (Å²) in [7, 11) is 0. The number of aliphatic hydroxyl groups is 1. The molecule has 0 bridgehead atoms. The highest BCUT2D eigenvalue weighted by Gasteiger charge is 2.40. The number of carboxylic acid groups (broad SMARTS) is 1. The summed E-state index contributed by atoms with van der Waals surface area (Å²) in [6, 6.07) is 15.0. The van der Waals surface area contributed by atoms with Crippen LogP contribution in [0.3, 0.4) is 0 Å². The lowest BCUT2D eigenvalue weighted by molar-refractivity contribution is 0.0697. The van der Waals surface area contributed by atoms with Gasteiger partial charge in [0.2, 0.25) is 0 Å². The molecule has 2 fully saturated rings. The third-order valence-corrected chi connectivity index (χ3v) is 8.55. The number of fused-ring (bicyclic) bond motifs is 7. The van der Waals surface area contributed by atoms with Crippen molar-refractivity contribution in [3.63, 3.8) is 0 Å². The SMILES string of the molecule is O=C(O)c1ccc2c(C3CCCCC3)c3n(c2c1)CC1CCN(CCCO)[C@H]1c1ccccc1-3. The molecule has 3 heterocycles. The Labute approximate surface area is 201 Å². The van der Waals surface area contributed by atoms with E-state index < -0.39 is 5.97 Å². The minimum Gasteiger partial charge on any atom is -0.478 e. The second-order valence-electron chi connectivity index (χ2n) is 10.4. The van der Waals surface area contributed by atoms with E-state index in [1.807, 2.05) is 6.07 Å². The summed E-state index contributed by atoms with van der Waals surface area (Å²) in [5.41, 5.74) is 6.95. The molecule has 0 radical (unpaired) electrons. The molecule has 0 amide bonds. The van der Waals surface area contributed by atoms with Crippen LogP contribution in [0.15, 0.2) is 42.5 Å². The first kappa shape index (κ1) is 21.9. The number of hydrogen-bond donors (Lipinski definition) is 2. The Morgan fingerprint density at radius 2 is 1.85 bits per heavy atom. The van der Waals surface area contributed by atoms with Gasteiger partial charge in [-0.05, 0) is 67.3 Å². The number of carboxylic acids is 1. The van der Waals surface area contributed by atoms with Crippen LogP contribution in [0.1, 0.15) is 78.4 Å². The molecule has 2 aliphatic heterocycles. The largest absolute Gasteiger partial charge is 0.478 e. The molecular formula is C29H34N2O3. The van der Waals surface area contributed by atoms with Gasteiger partial charge < -0.3 is 14.8 Å². The van der Waals surface area contributed by atoms with Gasteiger partial charge in [-0.3, -0.25) is 4.90 Å². The predicted molar refractivity (Wildman–Crippen MR) is 134 cm³/mol. The molecule has 1 unspecified atom stereocenters. The first-order valence-electron chi connectivity index (χ1n) is 13.0.